The van der Waals surface area contributed by atoms with E-state index in [1.165, 1.54) is 0 Å². The topological polar surface area (TPSA) is 100 Å². The fraction of sp³-hybridized carbons (Fsp3) is 0.864. The molecule has 0 aliphatic carbocycles. The average Bonchev–Trinajstić information content (AvgIpc) is 2.78. The quantitative estimate of drug-likeness (QED) is 0.105. The second-order valence-corrected chi connectivity index (χ2v) is 6.58. The van der Waals surface area contributed by atoms with Gasteiger partial charge < -0.3 is 42.6 Å². The van der Waals surface area contributed by atoms with E-state index >= 15 is 0 Å². The zero-order valence-corrected chi connectivity index (χ0v) is 19.8. The highest BCUT2D eigenvalue weighted by Crippen LogP contribution is 1.88. The molecule has 0 radical (unpaired) electrons. The van der Waals surface area contributed by atoms with Gasteiger partial charge in [0.1, 0.15) is 6.61 Å². The molecule has 0 aliphatic rings. The molecule has 0 rings (SSSR count). The first-order valence-corrected chi connectivity index (χ1v) is 11.1. The van der Waals surface area contributed by atoms with E-state index in [2.05, 4.69) is 6.58 Å². The van der Waals surface area contributed by atoms with Crippen LogP contribution in [0.2, 0.25) is 0 Å². The lowest BCUT2D eigenvalue weighted by molar-refractivity contribution is -0.139. The minimum absolute atomic E-state index is 0.206. The fourth-order valence-electron chi connectivity index (χ4n) is 2.02. The SMILES string of the molecule is C=CC(=O)OCCOCCOCCOCCOCCOCCOCCOCCOC(C)C. The molecule has 0 bridgehead atoms. The molecule has 0 heterocycles. The zero-order valence-electron chi connectivity index (χ0n) is 19.8. The Kier molecular flexibility index (Phi) is 25.2. The highest BCUT2D eigenvalue weighted by molar-refractivity contribution is 5.81. The molecule has 190 valence electrons. The van der Waals surface area contributed by atoms with Gasteiger partial charge in [0.2, 0.25) is 0 Å². The molecule has 0 aliphatic heterocycles. The molecular formula is C22H42O10. The molecule has 0 amide bonds. The summed E-state index contributed by atoms with van der Waals surface area (Å²) >= 11 is 0. The first-order chi connectivity index (χ1) is 15.7. The molecule has 0 saturated carbocycles. The standard InChI is InChI=1S/C22H42O10/c1-4-22(23)32-20-18-30-16-14-28-12-10-26-8-6-24-5-7-25-9-11-27-13-15-29-17-19-31-21(2)3/h4,21H,1,5-20H2,2-3H3. The Morgan fingerprint density at radius 2 is 0.844 bits per heavy atom. The van der Waals surface area contributed by atoms with E-state index in [4.69, 9.17) is 42.6 Å². The van der Waals surface area contributed by atoms with Crippen molar-refractivity contribution in [2.24, 2.45) is 0 Å². The van der Waals surface area contributed by atoms with Crippen molar-refractivity contribution in [3.05, 3.63) is 12.7 Å². The van der Waals surface area contributed by atoms with Crippen LogP contribution >= 0.6 is 0 Å². The second-order valence-electron chi connectivity index (χ2n) is 6.58. The van der Waals surface area contributed by atoms with Crippen LogP contribution in [0.5, 0.6) is 0 Å². The summed E-state index contributed by atoms with van der Waals surface area (Å²) in [5, 5.41) is 0. The maximum atomic E-state index is 10.8. The molecule has 10 heteroatoms. The van der Waals surface area contributed by atoms with Gasteiger partial charge in [-0.3, -0.25) is 0 Å². The van der Waals surface area contributed by atoms with Crippen LogP contribution in [0.25, 0.3) is 0 Å². The Bertz CT molecular complexity index is 406. The molecule has 0 saturated heterocycles. The summed E-state index contributed by atoms with van der Waals surface area (Å²) in [5.41, 5.74) is 0. The molecule has 0 atom stereocenters. The van der Waals surface area contributed by atoms with Crippen LogP contribution in [0.15, 0.2) is 12.7 Å². The maximum Gasteiger partial charge on any atom is 0.330 e. The molecular weight excluding hydrogens is 424 g/mol. The maximum absolute atomic E-state index is 10.8. The number of ether oxygens (including phenoxy) is 9. The summed E-state index contributed by atoms with van der Waals surface area (Å²) in [6, 6.07) is 0. The molecule has 0 aromatic rings. The monoisotopic (exact) mass is 466 g/mol. The first kappa shape index (κ1) is 30.9. The van der Waals surface area contributed by atoms with Gasteiger partial charge >= 0.3 is 5.97 Å². The van der Waals surface area contributed by atoms with Crippen LogP contribution in [-0.2, 0) is 47.4 Å². The van der Waals surface area contributed by atoms with Crippen molar-refractivity contribution < 1.29 is 47.4 Å². The number of carbonyl (C=O) groups excluding carboxylic acids is 1. The third-order valence-electron chi connectivity index (χ3n) is 3.55. The van der Waals surface area contributed by atoms with E-state index in [-0.39, 0.29) is 12.7 Å². The van der Waals surface area contributed by atoms with E-state index in [9.17, 15) is 4.79 Å². The average molecular weight is 467 g/mol. The Balaban J connectivity index is 3.04. The third kappa shape index (κ3) is 26.9. The van der Waals surface area contributed by atoms with Crippen LogP contribution in [-0.4, -0.2) is 118 Å². The zero-order chi connectivity index (χ0) is 23.5. The minimum atomic E-state index is -0.454. The minimum Gasteiger partial charge on any atom is -0.460 e. The summed E-state index contributed by atoms with van der Waals surface area (Å²) in [7, 11) is 0. The van der Waals surface area contributed by atoms with Crippen LogP contribution in [0, 0.1) is 0 Å². The molecule has 32 heavy (non-hydrogen) atoms. The van der Waals surface area contributed by atoms with Gasteiger partial charge in [-0.25, -0.2) is 4.79 Å². The van der Waals surface area contributed by atoms with Crippen molar-refractivity contribution >= 4 is 5.97 Å². The van der Waals surface area contributed by atoms with E-state index in [0.717, 1.165) is 6.08 Å². The number of rotatable bonds is 26. The molecule has 0 fully saturated rings. The molecule has 0 aromatic carbocycles. The highest BCUT2D eigenvalue weighted by atomic mass is 16.6. The fourth-order valence-corrected chi connectivity index (χ4v) is 2.02. The number of hydrogen-bond donors (Lipinski definition) is 0. The van der Waals surface area contributed by atoms with Crippen molar-refractivity contribution in [1.82, 2.24) is 0 Å². The van der Waals surface area contributed by atoms with Crippen LogP contribution in [0.3, 0.4) is 0 Å². The van der Waals surface area contributed by atoms with E-state index in [1.54, 1.807) is 0 Å². The normalized spacial score (nSPS) is 11.2. The van der Waals surface area contributed by atoms with Gasteiger partial charge in [-0.15, -0.1) is 0 Å². The van der Waals surface area contributed by atoms with Crippen molar-refractivity contribution in [3.8, 4) is 0 Å². The van der Waals surface area contributed by atoms with Crippen LogP contribution < -0.4 is 0 Å². The van der Waals surface area contributed by atoms with Crippen molar-refractivity contribution in [3.63, 3.8) is 0 Å². The lowest BCUT2D eigenvalue weighted by Crippen LogP contribution is -2.15. The van der Waals surface area contributed by atoms with Gasteiger partial charge in [0.25, 0.3) is 0 Å². The van der Waals surface area contributed by atoms with E-state index in [1.807, 2.05) is 13.8 Å². The Labute approximate surface area is 192 Å². The van der Waals surface area contributed by atoms with Gasteiger partial charge in [-0.05, 0) is 13.8 Å². The lowest BCUT2D eigenvalue weighted by Gasteiger charge is -2.09. The summed E-state index contributed by atoms with van der Waals surface area (Å²) in [6.45, 7) is 15.1. The van der Waals surface area contributed by atoms with Gasteiger partial charge in [0.15, 0.2) is 0 Å². The molecule has 0 N–H and O–H groups in total. The predicted molar refractivity (Wildman–Crippen MR) is 118 cm³/mol. The van der Waals surface area contributed by atoms with Crippen molar-refractivity contribution in [2.75, 3.05) is 106 Å². The van der Waals surface area contributed by atoms with Gasteiger partial charge in [-0.1, -0.05) is 6.58 Å². The van der Waals surface area contributed by atoms with E-state index in [0.29, 0.717) is 99.1 Å². The highest BCUT2D eigenvalue weighted by Gasteiger charge is 1.97. The first-order valence-electron chi connectivity index (χ1n) is 11.1. The van der Waals surface area contributed by atoms with Gasteiger partial charge in [0.05, 0.1) is 105 Å². The van der Waals surface area contributed by atoms with Gasteiger partial charge in [-0.2, -0.15) is 0 Å². The summed E-state index contributed by atoms with van der Waals surface area (Å²) in [4.78, 5) is 10.8. The van der Waals surface area contributed by atoms with Gasteiger partial charge in [0, 0.05) is 6.08 Å². The smallest absolute Gasteiger partial charge is 0.330 e. The third-order valence-corrected chi connectivity index (χ3v) is 3.55. The molecule has 10 nitrogen and oxygen atoms in total. The molecule has 0 spiro atoms. The number of carbonyl (C=O) groups is 1. The second kappa shape index (κ2) is 26.1. The Hall–Kier alpha value is -1.11. The lowest BCUT2D eigenvalue weighted by atomic mass is 10.5. The largest absolute Gasteiger partial charge is 0.460 e. The number of esters is 1. The number of hydrogen-bond acceptors (Lipinski definition) is 10. The van der Waals surface area contributed by atoms with Crippen LogP contribution in [0.4, 0.5) is 0 Å². The Morgan fingerprint density at radius 3 is 1.12 bits per heavy atom. The summed E-state index contributed by atoms with van der Waals surface area (Å²) < 4.78 is 47.8. The molecule has 0 aromatic heterocycles. The van der Waals surface area contributed by atoms with Crippen molar-refractivity contribution in [2.45, 2.75) is 20.0 Å². The van der Waals surface area contributed by atoms with Crippen LogP contribution in [0.1, 0.15) is 13.8 Å². The van der Waals surface area contributed by atoms with Crippen molar-refractivity contribution in [1.29, 1.82) is 0 Å². The summed E-state index contributed by atoms with van der Waals surface area (Å²) in [6.07, 6.45) is 1.35. The summed E-state index contributed by atoms with van der Waals surface area (Å²) in [5.74, 6) is -0.454. The predicted octanol–water partition coefficient (Wildman–Crippen LogP) is 1.26. The molecule has 0 unspecified atom stereocenters. The van der Waals surface area contributed by atoms with E-state index < -0.39 is 5.97 Å². The Morgan fingerprint density at radius 1 is 0.562 bits per heavy atom.